The lowest BCUT2D eigenvalue weighted by Crippen LogP contribution is -2.15. The molecule has 0 fully saturated rings. The molecule has 11 rings (SSSR count). The molecule has 53 heavy (non-hydrogen) atoms. The molecule has 4 nitrogen and oxygen atoms in total. The van der Waals surface area contributed by atoms with E-state index in [2.05, 4.69) is 193 Å². The van der Waals surface area contributed by atoms with Gasteiger partial charge in [0, 0.05) is 32.8 Å². The molecule has 0 saturated heterocycles. The van der Waals surface area contributed by atoms with Crippen LogP contribution in [0.4, 0.5) is 0 Å². The van der Waals surface area contributed by atoms with E-state index in [0.29, 0.717) is 5.95 Å². The van der Waals surface area contributed by atoms with Crippen LogP contribution in [-0.2, 0) is 5.41 Å². The molecule has 7 aromatic carbocycles. The van der Waals surface area contributed by atoms with Crippen LogP contribution in [0.1, 0.15) is 25.0 Å². The van der Waals surface area contributed by atoms with Crippen LogP contribution in [0.25, 0.3) is 88.9 Å². The highest BCUT2D eigenvalue weighted by molar-refractivity contribution is 6.14. The molecule has 0 bridgehead atoms. The molecule has 250 valence electrons. The van der Waals surface area contributed by atoms with Gasteiger partial charge in [-0.1, -0.05) is 141 Å². The molecule has 0 saturated carbocycles. The molecule has 4 heteroatoms. The Morgan fingerprint density at radius 2 is 1.09 bits per heavy atom. The second-order valence-electron chi connectivity index (χ2n) is 14.6. The molecule has 0 amide bonds. The number of para-hydroxylation sites is 2. The Bertz CT molecular complexity index is 3060. The first-order chi connectivity index (χ1) is 26.1. The van der Waals surface area contributed by atoms with Gasteiger partial charge in [0.1, 0.15) is 11.2 Å². The van der Waals surface area contributed by atoms with Crippen LogP contribution in [0.3, 0.4) is 0 Å². The monoisotopic (exact) mass is 678 g/mol. The second-order valence-corrected chi connectivity index (χ2v) is 14.6. The average molecular weight is 679 g/mol. The van der Waals surface area contributed by atoms with E-state index in [1.54, 1.807) is 0 Å². The van der Waals surface area contributed by atoms with Gasteiger partial charge in [-0.25, -0.2) is 9.97 Å². The van der Waals surface area contributed by atoms with Crippen molar-refractivity contribution in [3.63, 3.8) is 0 Å². The first-order valence-electron chi connectivity index (χ1n) is 18.3. The maximum Gasteiger partial charge on any atom is 0.235 e. The van der Waals surface area contributed by atoms with Crippen LogP contribution in [0, 0.1) is 0 Å². The van der Waals surface area contributed by atoms with E-state index in [1.807, 2.05) is 0 Å². The van der Waals surface area contributed by atoms with Crippen molar-refractivity contribution in [3.05, 3.63) is 181 Å². The van der Waals surface area contributed by atoms with Gasteiger partial charge in [0.25, 0.3) is 0 Å². The number of hydrogen-bond acceptors (Lipinski definition) is 2. The van der Waals surface area contributed by atoms with Crippen LogP contribution in [0.5, 0.6) is 0 Å². The Hall–Kier alpha value is -6.78. The summed E-state index contributed by atoms with van der Waals surface area (Å²) >= 11 is 0. The van der Waals surface area contributed by atoms with Gasteiger partial charge in [0.05, 0.1) is 22.1 Å². The summed E-state index contributed by atoms with van der Waals surface area (Å²) in [5, 5.41) is 3.48. The van der Waals surface area contributed by atoms with Crippen LogP contribution in [0.2, 0.25) is 0 Å². The fourth-order valence-electron chi connectivity index (χ4n) is 8.82. The largest absolute Gasteiger partial charge is 0.306 e. The minimum Gasteiger partial charge on any atom is -0.306 e. The van der Waals surface area contributed by atoms with Gasteiger partial charge >= 0.3 is 0 Å². The SMILES string of the molecule is CC1(C)c2ccccc2-c2cc3c4ccccc4n(-c4nc(-c5ccccc5)c5c(n4)c4cc(-c6ccccc6)ccc4n5-c4ccccc4)c3cc21. The molecule has 0 N–H and O–H groups in total. The van der Waals surface area contributed by atoms with Crippen LogP contribution < -0.4 is 0 Å². The molecule has 0 aliphatic heterocycles. The minimum atomic E-state index is -0.141. The smallest absolute Gasteiger partial charge is 0.235 e. The number of nitrogens with zero attached hydrogens (tertiary/aromatic N) is 4. The predicted octanol–water partition coefficient (Wildman–Crippen LogP) is 12.3. The third-order valence-electron chi connectivity index (χ3n) is 11.3. The molecule has 1 aliphatic rings. The van der Waals surface area contributed by atoms with E-state index in [0.717, 1.165) is 55.5 Å². The van der Waals surface area contributed by atoms with Gasteiger partial charge in [0.15, 0.2) is 0 Å². The maximum absolute atomic E-state index is 5.61. The average Bonchev–Trinajstić information content (AvgIpc) is 3.80. The van der Waals surface area contributed by atoms with Crippen LogP contribution >= 0.6 is 0 Å². The number of rotatable bonds is 4. The van der Waals surface area contributed by atoms with Crippen molar-refractivity contribution in [2.45, 2.75) is 19.3 Å². The third kappa shape index (κ3) is 4.30. The minimum absolute atomic E-state index is 0.141. The van der Waals surface area contributed by atoms with Crippen molar-refractivity contribution in [3.8, 4) is 45.1 Å². The molecule has 0 spiro atoms. The summed E-state index contributed by atoms with van der Waals surface area (Å²) < 4.78 is 4.63. The van der Waals surface area contributed by atoms with Gasteiger partial charge < -0.3 is 4.57 Å². The normalized spacial score (nSPS) is 13.2. The van der Waals surface area contributed by atoms with Gasteiger partial charge in [-0.2, -0.15) is 0 Å². The molecule has 3 aromatic heterocycles. The molecule has 0 atom stereocenters. The van der Waals surface area contributed by atoms with Gasteiger partial charge in [-0.3, -0.25) is 4.57 Å². The first-order valence-corrected chi connectivity index (χ1v) is 18.3. The molecular formula is C49H34N4. The van der Waals surface area contributed by atoms with E-state index < -0.39 is 0 Å². The van der Waals surface area contributed by atoms with E-state index >= 15 is 0 Å². The van der Waals surface area contributed by atoms with Gasteiger partial charge in [0.2, 0.25) is 5.95 Å². The highest BCUT2D eigenvalue weighted by atomic mass is 15.2. The third-order valence-corrected chi connectivity index (χ3v) is 11.3. The molecule has 1 aliphatic carbocycles. The highest BCUT2D eigenvalue weighted by Crippen LogP contribution is 2.51. The van der Waals surface area contributed by atoms with E-state index in [9.17, 15) is 0 Å². The first kappa shape index (κ1) is 29.9. The lowest BCUT2D eigenvalue weighted by Gasteiger charge is -2.21. The lowest BCUT2D eigenvalue weighted by atomic mass is 9.82. The summed E-state index contributed by atoms with van der Waals surface area (Å²) in [6.45, 7) is 4.69. The zero-order valence-electron chi connectivity index (χ0n) is 29.5. The summed E-state index contributed by atoms with van der Waals surface area (Å²) in [5.74, 6) is 0.660. The summed E-state index contributed by atoms with van der Waals surface area (Å²) in [5.41, 5.74) is 15.7. The topological polar surface area (TPSA) is 35.6 Å². The quantitative estimate of drug-likeness (QED) is 0.186. The standard InChI is InChI=1S/C49H34N4/c1-49(2)40-24-14-12-22-35(40)37-29-38-36-23-13-15-25-42(36)53(44(38)30-41(37)49)48-50-45(32-18-8-4-9-19-32)47-46(51-48)39-28-33(31-16-6-3-7-17-31)26-27-43(39)52(47)34-20-10-5-11-21-34/h3-30H,1-2H3. The maximum atomic E-state index is 5.61. The van der Waals surface area contributed by atoms with E-state index in [4.69, 9.17) is 9.97 Å². The molecule has 0 unspecified atom stereocenters. The summed E-state index contributed by atoms with van der Waals surface area (Å²) in [4.78, 5) is 11.2. The van der Waals surface area contributed by atoms with Gasteiger partial charge in [-0.15, -0.1) is 0 Å². The molecule has 10 aromatic rings. The number of benzene rings is 7. The van der Waals surface area contributed by atoms with E-state index in [-0.39, 0.29) is 5.41 Å². The van der Waals surface area contributed by atoms with E-state index in [1.165, 1.54) is 38.6 Å². The van der Waals surface area contributed by atoms with Crippen LogP contribution in [-0.4, -0.2) is 19.1 Å². The fraction of sp³-hybridized carbons (Fsp3) is 0.0612. The van der Waals surface area contributed by atoms with Gasteiger partial charge in [-0.05, 0) is 75.8 Å². The van der Waals surface area contributed by atoms with Crippen LogP contribution in [0.15, 0.2) is 170 Å². The van der Waals surface area contributed by atoms with Crippen molar-refractivity contribution >= 4 is 43.7 Å². The number of hydrogen-bond donors (Lipinski definition) is 0. The Balaban J connectivity index is 1.29. The van der Waals surface area contributed by atoms with Crippen molar-refractivity contribution in [1.29, 1.82) is 0 Å². The van der Waals surface area contributed by atoms with Crippen molar-refractivity contribution in [2.75, 3.05) is 0 Å². The highest BCUT2D eigenvalue weighted by Gasteiger charge is 2.36. The Morgan fingerprint density at radius 1 is 0.434 bits per heavy atom. The summed E-state index contributed by atoms with van der Waals surface area (Å²) in [6.07, 6.45) is 0. The fourth-order valence-corrected chi connectivity index (χ4v) is 8.82. The van der Waals surface area contributed by atoms with Crippen molar-refractivity contribution in [2.24, 2.45) is 0 Å². The molecule has 0 radical (unpaired) electrons. The number of fused-ring (bicyclic) bond motifs is 9. The number of aromatic nitrogens is 4. The molecule has 3 heterocycles. The zero-order valence-corrected chi connectivity index (χ0v) is 29.5. The summed E-state index contributed by atoms with van der Waals surface area (Å²) in [7, 11) is 0. The lowest BCUT2D eigenvalue weighted by molar-refractivity contribution is 0.661. The Labute approximate surface area is 307 Å². The Kier molecular flexibility index (Phi) is 6.27. The predicted molar refractivity (Wildman–Crippen MR) is 219 cm³/mol. The molecular weight excluding hydrogens is 645 g/mol. The van der Waals surface area contributed by atoms with Crippen molar-refractivity contribution in [1.82, 2.24) is 19.1 Å². The Morgan fingerprint density at radius 3 is 1.89 bits per heavy atom. The second kappa shape index (κ2) is 11.1. The zero-order chi connectivity index (χ0) is 35.3. The summed E-state index contributed by atoms with van der Waals surface area (Å²) in [6, 6.07) is 60.9. The van der Waals surface area contributed by atoms with Crippen molar-refractivity contribution < 1.29 is 0 Å².